The highest BCUT2D eigenvalue weighted by molar-refractivity contribution is 7.89. The Labute approximate surface area is 160 Å². The molecule has 3 aromatic rings. The van der Waals surface area contributed by atoms with Gasteiger partial charge in [-0.3, -0.25) is 0 Å². The SMILES string of the molecule is Cc1ccc(S(=O)(=O)NC[C@H](c2ccccc2)c2ccc(C#N)cc2)cc1. The van der Waals surface area contributed by atoms with Crippen molar-refractivity contribution in [3.8, 4) is 6.07 Å². The van der Waals surface area contributed by atoms with Crippen molar-refractivity contribution in [2.75, 3.05) is 6.54 Å². The molecule has 3 rings (SSSR count). The quantitative estimate of drug-likeness (QED) is 0.707. The molecule has 0 aliphatic rings. The van der Waals surface area contributed by atoms with Crippen LogP contribution in [-0.4, -0.2) is 15.0 Å². The monoisotopic (exact) mass is 376 g/mol. The second-order valence-corrected chi connectivity index (χ2v) is 8.13. The molecule has 0 bridgehead atoms. The zero-order valence-corrected chi connectivity index (χ0v) is 15.8. The van der Waals surface area contributed by atoms with Crippen molar-refractivity contribution < 1.29 is 8.42 Å². The number of nitrogens with zero attached hydrogens (tertiary/aromatic N) is 1. The van der Waals surface area contributed by atoms with Gasteiger partial charge in [0.1, 0.15) is 0 Å². The fourth-order valence-corrected chi connectivity index (χ4v) is 3.94. The first-order chi connectivity index (χ1) is 13.0. The lowest BCUT2D eigenvalue weighted by atomic mass is 9.91. The van der Waals surface area contributed by atoms with Gasteiger partial charge in [0.05, 0.1) is 16.5 Å². The summed E-state index contributed by atoms with van der Waals surface area (Å²) in [6.45, 7) is 2.15. The van der Waals surface area contributed by atoms with Gasteiger partial charge in [-0.15, -0.1) is 0 Å². The molecule has 27 heavy (non-hydrogen) atoms. The molecule has 5 heteroatoms. The Morgan fingerprint density at radius 2 is 1.48 bits per heavy atom. The molecular weight excluding hydrogens is 356 g/mol. The summed E-state index contributed by atoms with van der Waals surface area (Å²) in [5, 5.41) is 9.00. The Morgan fingerprint density at radius 3 is 2.07 bits per heavy atom. The lowest BCUT2D eigenvalue weighted by Crippen LogP contribution is -2.29. The van der Waals surface area contributed by atoms with E-state index in [0.29, 0.717) is 5.56 Å². The third-order valence-electron chi connectivity index (χ3n) is 4.45. The van der Waals surface area contributed by atoms with Gasteiger partial charge in [-0.25, -0.2) is 13.1 Å². The zero-order valence-electron chi connectivity index (χ0n) is 15.0. The Bertz CT molecular complexity index is 1040. The number of rotatable bonds is 6. The first-order valence-electron chi connectivity index (χ1n) is 8.61. The summed E-state index contributed by atoms with van der Waals surface area (Å²) in [4.78, 5) is 0.250. The van der Waals surface area contributed by atoms with Crippen LogP contribution in [0.4, 0.5) is 0 Å². The standard InChI is InChI=1S/C22H20N2O2S/c1-17-7-13-21(14-8-17)27(25,26)24-16-22(19-5-3-2-4-6-19)20-11-9-18(15-23)10-12-20/h2-14,22,24H,16H2,1H3/t22-/m1/s1. The van der Waals surface area contributed by atoms with Crippen molar-refractivity contribution in [3.63, 3.8) is 0 Å². The second kappa shape index (κ2) is 8.17. The summed E-state index contributed by atoms with van der Waals surface area (Å²) in [6.07, 6.45) is 0. The van der Waals surface area contributed by atoms with E-state index in [1.807, 2.05) is 49.4 Å². The summed E-state index contributed by atoms with van der Waals surface area (Å²) in [5.41, 5.74) is 3.54. The zero-order chi connectivity index (χ0) is 19.3. The van der Waals surface area contributed by atoms with E-state index in [1.165, 1.54) is 0 Å². The number of hydrogen-bond acceptors (Lipinski definition) is 3. The van der Waals surface area contributed by atoms with Crippen molar-refractivity contribution in [1.82, 2.24) is 4.72 Å². The van der Waals surface area contributed by atoms with Crippen molar-refractivity contribution in [2.45, 2.75) is 17.7 Å². The third-order valence-corrected chi connectivity index (χ3v) is 5.89. The minimum Gasteiger partial charge on any atom is -0.210 e. The maximum absolute atomic E-state index is 12.7. The summed E-state index contributed by atoms with van der Waals surface area (Å²) >= 11 is 0. The van der Waals surface area contributed by atoms with Crippen molar-refractivity contribution in [3.05, 3.63) is 101 Å². The average Bonchev–Trinajstić information content (AvgIpc) is 2.70. The average molecular weight is 376 g/mol. The van der Waals surface area contributed by atoms with Crippen LogP contribution in [0.25, 0.3) is 0 Å². The van der Waals surface area contributed by atoms with Crippen molar-refractivity contribution >= 4 is 10.0 Å². The van der Waals surface area contributed by atoms with Crippen molar-refractivity contribution in [2.24, 2.45) is 0 Å². The molecule has 0 fully saturated rings. The molecule has 1 atom stereocenters. The Morgan fingerprint density at radius 1 is 0.889 bits per heavy atom. The van der Waals surface area contributed by atoms with Gasteiger partial charge in [-0.1, -0.05) is 60.2 Å². The Hall–Kier alpha value is -2.94. The molecule has 0 radical (unpaired) electrons. The van der Waals surface area contributed by atoms with Crippen LogP contribution in [0.5, 0.6) is 0 Å². The number of nitriles is 1. The Balaban J connectivity index is 1.87. The van der Waals surface area contributed by atoms with Crippen LogP contribution in [0.1, 0.15) is 28.2 Å². The van der Waals surface area contributed by atoms with E-state index in [-0.39, 0.29) is 17.4 Å². The molecule has 1 N–H and O–H groups in total. The molecule has 0 heterocycles. The highest BCUT2D eigenvalue weighted by Gasteiger charge is 2.19. The minimum absolute atomic E-state index is 0.154. The second-order valence-electron chi connectivity index (χ2n) is 6.36. The number of hydrogen-bond donors (Lipinski definition) is 1. The van der Waals surface area contributed by atoms with Gasteiger partial charge in [0.2, 0.25) is 10.0 Å². The maximum Gasteiger partial charge on any atom is 0.240 e. The molecule has 136 valence electrons. The number of aryl methyl sites for hydroxylation is 1. The number of benzene rings is 3. The van der Waals surface area contributed by atoms with E-state index >= 15 is 0 Å². The predicted octanol–water partition coefficient (Wildman–Crippen LogP) is 3.98. The van der Waals surface area contributed by atoms with Gasteiger partial charge in [0, 0.05) is 12.5 Å². The molecule has 0 saturated carbocycles. The molecular formula is C22H20N2O2S. The van der Waals surface area contributed by atoms with E-state index < -0.39 is 10.0 Å². The van der Waals surface area contributed by atoms with Gasteiger partial charge in [0.25, 0.3) is 0 Å². The van der Waals surface area contributed by atoms with Gasteiger partial charge in [0.15, 0.2) is 0 Å². The van der Waals surface area contributed by atoms with Crippen LogP contribution in [0.3, 0.4) is 0 Å². The summed E-state index contributed by atoms with van der Waals surface area (Å²) in [7, 11) is -3.60. The molecule has 0 unspecified atom stereocenters. The first kappa shape index (κ1) is 18.8. The van der Waals surface area contributed by atoms with Crippen LogP contribution in [0.2, 0.25) is 0 Å². The topological polar surface area (TPSA) is 70.0 Å². The molecule has 0 spiro atoms. The van der Waals surface area contributed by atoms with Crippen LogP contribution in [-0.2, 0) is 10.0 Å². The predicted molar refractivity (Wildman–Crippen MR) is 106 cm³/mol. The fourth-order valence-electron chi connectivity index (χ4n) is 2.90. The molecule has 0 saturated heterocycles. The van der Waals surface area contributed by atoms with E-state index in [0.717, 1.165) is 16.7 Å². The van der Waals surface area contributed by atoms with Gasteiger partial charge < -0.3 is 0 Å². The summed E-state index contributed by atoms with van der Waals surface area (Å²) < 4.78 is 28.0. The lowest BCUT2D eigenvalue weighted by molar-refractivity contribution is 0.577. The normalized spacial score (nSPS) is 12.3. The van der Waals surface area contributed by atoms with Gasteiger partial charge >= 0.3 is 0 Å². The van der Waals surface area contributed by atoms with Crippen LogP contribution in [0.15, 0.2) is 83.8 Å². The maximum atomic E-state index is 12.7. The van der Waals surface area contributed by atoms with E-state index in [4.69, 9.17) is 5.26 Å². The molecule has 0 aliphatic carbocycles. The number of nitrogens with one attached hydrogen (secondary N) is 1. The van der Waals surface area contributed by atoms with Crippen LogP contribution >= 0.6 is 0 Å². The first-order valence-corrected chi connectivity index (χ1v) is 10.1. The highest BCUT2D eigenvalue weighted by Crippen LogP contribution is 2.25. The fraction of sp³-hybridized carbons (Fsp3) is 0.136. The van der Waals surface area contributed by atoms with Crippen LogP contribution in [0, 0.1) is 18.3 Å². The molecule has 0 amide bonds. The largest absolute Gasteiger partial charge is 0.240 e. The lowest BCUT2D eigenvalue weighted by Gasteiger charge is -2.19. The van der Waals surface area contributed by atoms with E-state index in [2.05, 4.69) is 10.8 Å². The highest BCUT2D eigenvalue weighted by atomic mass is 32.2. The molecule has 0 aromatic heterocycles. The summed E-state index contributed by atoms with van der Waals surface area (Å²) in [5.74, 6) is -0.154. The van der Waals surface area contributed by atoms with Gasteiger partial charge in [-0.2, -0.15) is 5.26 Å². The van der Waals surface area contributed by atoms with E-state index in [9.17, 15) is 8.42 Å². The Kier molecular flexibility index (Phi) is 5.70. The van der Waals surface area contributed by atoms with Gasteiger partial charge in [-0.05, 0) is 42.3 Å². The van der Waals surface area contributed by atoms with Crippen LogP contribution < -0.4 is 4.72 Å². The van der Waals surface area contributed by atoms with Crippen molar-refractivity contribution in [1.29, 1.82) is 5.26 Å². The van der Waals surface area contributed by atoms with E-state index in [1.54, 1.807) is 36.4 Å². The smallest absolute Gasteiger partial charge is 0.210 e. The third kappa shape index (κ3) is 4.62. The number of sulfonamides is 1. The molecule has 4 nitrogen and oxygen atoms in total. The summed E-state index contributed by atoms with van der Waals surface area (Å²) in [6, 6.07) is 25.9. The molecule has 0 aliphatic heterocycles. The molecule has 3 aromatic carbocycles. The minimum atomic E-state index is -3.60.